The Labute approximate surface area is 194 Å². The van der Waals surface area contributed by atoms with Crippen LogP contribution in [0.1, 0.15) is 45.1 Å². The minimum atomic E-state index is -0.505. The summed E-state index contributed by atoms with van der Waals surface area (Å²) in [6, 6.07) is 10.3. The van der Waals surface area contributed by atoms with Crippen LogP contribution >= 0.6 is 0 Å². The Morgan fingerprint density at radius 3 is 2.24 bits per heavy atom. The summed E-state index contributed by atoms with van der Waals surface area (Å²) in [5, 5.41) is 5.82. The first-order valence-corrected chi connectivity index (χ1v) is 11.4. The van der Waals surface area contributed by atoms with Crippen LogP contribution in [0.5, 0.6) is 0 Å². The van der Waals surface area contributed by atoms with Crippen LogP contribution in [-0.4, -0.2) is 64.8 Å². The number of aromatic nitrogens is 2. The van der Waals surface area contributed by atoms with Gasteiger partial charge in [0, 0.05) is 32.2 Å². The Balaban J connectivity index is 1.20. The molecule has 4 rings (SSSR count). The summed E-state index contributed by atoms with van der Waals surface area (Å²) in [4.78, 5) is 37.0. The number of nitrogens with one attached hydrogen (secondary N) is 2. The fourth-order valence-electron chi connectivity index (χ4n) is 4.05. The summed E-state index contributed by atoms with van der Waals surface area (Å²) in [5.74, 6) is 1.09. The number of piperazine rings is 1. The van der Waals surface area contributed by atoms with Crippen molar-refractivity contribution in [1.82, 2.24) is 20.2 Å². The molecule has 33 heavy (non-hydrogen) atoms. The van der Waals surface area contributed by atoms with E-state index in [9.17, 15) is 9.59 Å². The van der Waals surface area contributed by atoms with E-state index in [0.717, 1.165) is 12.8 Å². The van der Waals surface area contributed by atoms with Crippen LogP contribution in [0.25, 0.3) is 0 Å². The Hall–Kier alpha value is -3.36. The van der Waals surface area contributed by atoms with Crippen molar-refractivity contribution in [2.75, 3.05) is 36.4 Å². The van der Waals surface area contributed by atoms with Gasteiger partial charge in [-0.15, -0.1) is 0 Å². The minimum Gasteiger partial charge on any atom is -0.444 e. The summed E-state index contributed by atoms with van der Waals surface area (Å²) in [6.07, 6.45) is 4.81. The molecule has 0 atom stereocenters. The third-order valence-electron chi connectivity index (χ3n) is 5.85. The molecule has 1 saturated carbocycles. The number of ether oxygens (including phenoxy) is 1. The molecule has 0 spiro atoms. The normalized spacial score (nSPS) is 20.6. The van der Waals surface area contributed by atoms with Crippen molar-refractivity contribution in [2.24, 2.45) is 0 Å². The molecule has 9 nitrogen and oxygen atoms in total. The summed E-state index contributed by atoms with van der Waals surface area (Å²) in [5.41, 5.74) is 1.36. The number of hydrogen-bond donors (Lipinski definition) is 2. The lowest BCUT2D eigenvalue weighted by molar-refractivity contribution is 0.0240. The Bertz CT molecular complexity index is 946. The summed E-state index contributed by atoms with van der Waals surface area (Å²) in [7, 11) is 0. The number of carbonyl (C=O) groups is 2. The fourth-order valence-corrected chi connectivity index (χ4v) is 4.05. The largest absolute Gasteiger partial charge is 0.444 e. The Kier molecular flexibility index (Phi) is 6.67. The maximum atomic E-state index is 12.3. The van der Waals surface area contributed by atoms with Crippen molar-refractivity contribution in [2.45, 2.75) is 51.2 Å². The Morgan fingerprint density at radius 1 is 1.00 bits per heavy atom. The van der Waals surface area contributed by atoms with Crippen LogP contribution in [0.4, 0.5) is 21.2 Å². The molecule has 2 fully saturated rings. The van der Waals surface area contributed by atoms with E-state index in [1.165, 1.54) is 5.56 Å². The van der Waals surface area contributed by atoms with Crippen molar-refractivity contribution in [3.8, 4) is 0 Å². The van der Waals surface area contributed by atoms with E-state index in [-0.39, 0.29) is 18.2 Å². The minimum absolute atomic E-state index is 0.177. The van der Waals surface area contributed by atoms with Gasteiger partial charge in [0.2, 0.25) is 5.95 Å². The molecular formula is C24H32N6O3. The number of rotatable bonds is 4. The molecule has 2 aliphatic rings. The highest BCUT2D eigenvalue weighted by atomic mass is 16.6. The molecule has 0 bridgehead atoms. The smallest absolute Gasteiger partial charge is 0.410 e. The molecule has 1 aliphatic heterocycles. The first kappa shape index (κ1) is 22.8. The molecule has 2 heterocycles. The van der Waals surface area contributed by atoms with E-state index in [4.69, 9.17) is 4.74 Å². The van der Waals surface area contributed by atoms with Crippen LogP contribution in [-0.2, 0) is 4.74 Å². The topological polar surface area (TPSA) is 99.7 Å². The second-order valence-electron chi connectivity index (χ2n) is 9.60. The van der Waals surface area contributed by atoms with Gasteiger partial charge >= 0.3 is 12.1 Å². The first-order valence-electron chi connectivity index (χ1n) is 11.4. The van der Waals surface area contributed by atoms with E-state index in [0.29, 0.717) is 43.7 Å². The van der Waals surface area contributed by atoms with Gasteiger partial charge in [-0.2, -0.15) is 0 Å². The molecule has 2 N–H and O–H groups in total. The van der Waals surface area contributed by atoms with E-state index in [1.54, 1.807) is 17.3 Å². The lowest BCUT2D eigenvalue weighted by atomic mass is 9.76. The fraction of sp³-hybridized carbons (Fsp3) is 0.500. The molecular weight excluding hydrogens is 420 g/mol. The predicted molar refractivity (Wildman–Crippen MR) is 126 cm³/mol. The van der Waals surface area contributed by atoms with Crippen molar-refractivity contribution in [3.05, 3.63) is 48.3 Å². The van der Waals surface area contributed by atoms with Gasteiger partial charge in [0.25, 0.3) is 0 Å². The van der Waals surface area contributed by atoms with Gasteiger partial charge in [0.05, 0.1) is 18.1 Å². The number of benzene rings is 1. The van der Waals surface area contributed by atoms with Gasteiger partial charge in [0.15, 0.2) is 0 Å². The molecule has 1 aromatic carbocycles. The zero-order chi connectivity index (χ0) is 23.4. The second-order valence-corrected chi connectivity index (χ2v) is 9.60. The van der Waals surface area contributed by atoms with Crippen LogP contribution in [0.15, 0.2) is 42.7 Å². The summed E-state index contributed by atoms with van der Waals surface area (Å²) < 4.78 is 5.43. The predicted octanol–water partition coefficient (Wildman–Crippen LogP) is 3.60. The average Bonchev–Trinajstić information content (AvgIpc) is 2.76. The molecule has 176 valence electrons. The van der Waals surface area contributed by atoms with Crippen LogP contribution < -0.4 is 15.5 Å². The van der Waals surface area contributed by atoms with Crippen LogP contribution in [0.3, 0.4) is 0 Å². The Morgan fingerprint density at radius 2 is 1.64 bits per heavy atom. The lowest BCUT2D eigenvalue weighted by Gasteiger charge is -2.36. The van der Waals surface area contributed by atoms with Gasteiger partial charge in [-0.1, -0.05) is 30.3 Å². The van der Waals surface area contributed by atoms with Gasteiger partial charge in [0.1, 0.15) is 5.60 Å². The number of amides is 3. The number of carbonyl (C=O) groups excluding carboxylic acids is 2. The van der Waals surface area contributed by atoms with E-state index < -0.39 is 5.60 Å². The van der Waals surface area contributed by atoms with E-state index in [2.05, 4.69) is 32.7 Å². The van der Waals surface area contributed by atoms with Crippen LogP contribution in [0, 0.1) is 0 Å². The third kappa shape index (κ3) is 6.12. The molecule has 1 saturated heterocycles. The maximum absolute atomic E-state index is 12.3. The van der Waals surface area contributed by atoms with Crippen molar-refractivity contribution >= 4 is 23.8 Å². The third-order valence-corrected chi connectivity index (χ3v) is 5.85. The first-order chi connectivity index (χ1) is 15.8. The van der Waals surface area contributed by atoms with E-state index in [1.807, 2.05) is 43.9 Å². The molecule has 0 unspecified atom stereocenters. The van der Waals surface area contributed by atoms with Gasteiger partial charge in [-0.3, -0.25) is 0 Å². The molecule has 0 radical (unpaired) electrons. The summed E-state index contributed by atoms with van der Waals surface area (Å²) in [6.45, 7) is 7.92. The number of urea groups is 1. The highest BCUT2D eigenvalue weighted by molar-refractivity contribution is 5.89. The van der Waals surface area contributed by atoms with Gasteiger partial charge in [-0.25, -0.2) is 19.6 Å². The van der Waals surface area contributed by atoms with Crippen molar-refractivity contribution in [1.29, 1.82) is 0 Å². The standard InChI is InChI=1S/C24H32N6O3/c1-24(2,3)33-23(32)30-11-9-29(10-12-30)21-25-15-20(16-26-21)28-22(31)27-19-13-18(14-19)17-7-5-4-6-8-17/h4-8,15-16,18-19H,9-14H2,1-3H3,(H2,27,28,31). The quantitative estimate of drug-likeness (QED) is 0.735. The second kappa shape index (κ2) is 9.64. The molecule has 3 amide bonds. The van der Waals surface area contributed by atoms with Crippen molar-refractivity contribution < 1.29 is 14.3 Å². The van der Waals surface area contributed by atoms with E-state index >= 15 is 0 Å². The number of anilines is 2. The summed E-state index contributed by atoms with van der Waals surface area (Å²) >= 11 is 0. The van der Waals surface area contributed by atoms with Gasteiger partial charge < -0.3 is 25.2 Å². The number of hydrogen-bond acceptors (Lipinski definition) is 6. The number of nitrogens with zero attached hydrogens (tertiary/aromatic N) is 4. The molecule has 1 aromatic heterocycles. The lowest BCUT2D eigenvalue weighted by Crippen LogP contribution is -2.50. The van der Waals surface area contributed by atoms with Gasteiger partial charge in [-0.05, 0) is 45.1 Å². The molecule has 2 aromatic rings. The van der Waals surface area contributed by atoms with Crippen molar-refractivity contribution in [3.63, 3.8) is 0 Å². The molecule has 1 aliphatic carbocycles. The zero-order valence-corrected chi connectivity index (χ0v) is 19.5. The average molecular weight is 453 g/mol. The molecule has 9 heteroatoms. The highest BCUT2D eigenvalue weighted by Gasteiger charge is 2.31. The van der Waals surface area contributed by atoms with Crippen LogP contribution in [0.2, 0.25) is 0 Å². The zero-order valence-electron chi connectivity index (χ0n) is 19.5. The monoisotopic (exact) mass is 452 g/mol. The highest BCUT2D eigenvalue weighted by Crippen LogP contribution is 2.36. The SMILES string of the molecule is CC(C)(C)OC(=O)N1CCN(c2ncc(NC(=O)NC3CC(c4ccccc4)C3)cn2)CC1. The maximum Gasteiger partial charge on any atom is 0.410 e.